The van der Waals surface area contributed by atoms with Crippen molar-refractivity contribution in [2.75, 3.05) is 18.5 Å². The molecular weight excluding hydrogens is 215 g/mol. The van der Waals surface area contributed by atoms with Crippen molar-refractivity contribution in [3.05, 3.63) is 29.6 Å². The van der Waals surface area contributed by atoms with Crippen molar-refractivity contribution >= 4 is 5.69 Å². The summed E-state index contributed by atoms with van der Waals surface area (Å²) in [6.07, 6.45) is 4.02. The highest BCUT2D eigenvalue weighted by Gasteiger charge is 2.38. The first kappa shape index (κ1) is 11.0. The van der Waals surface area contributed by atoms with Crippen LogP contribution in [0.4, 0.5) is 10.1 Å². The van der Waals surface area contributed by atoms with Gasteiger partial charge in [-0.05, 0) is 56.0 Å². The van der Waals surface area contributed by atoms with E-state index in [9.17, 15) is 4.39 Å². The fourth-order valence-electron chi connectivity index (χ4n) is 3.39. The zero-order chi connectivity index (χ0) is 11.8. The van der Waals surface area contributed by atoms with Gasteiger partial charge in [0.15, 0.2) is 0 Å². The number of anilines is 1. The molecule has 1 saturated carbocycles. The van der Waals surface area contributed by atoms with Gasteiger partial charge in [-0.3, -0.25) is 0 Å². The molecule has 2 atom stereocenters. The molecule has 1 heterocycles. The lowest BCUT2D eigenvalue weighted by Crippen LogP contribution is -2.33. The Kier molecular flexibility index (Phi) is 2.79. The molecule has 0 spiro atoms. The molecule has 92 valence electrons. The molecule has 1 aliphatic heterocycles. The van der Waals surface area contributed by atoms with Crippen LogP contribution in [0.15, 0.2) is 18.2 Å². The van der Waals surface area contributed by atoms with Gasteiger partial charge >= 0.3 is 0 Å². The predicted octanol–water partition coefficient (Wildman–Crippen LogP) is 2.53. The van der Waals surface area contributed by atoms with Crippen LogP contribution in [0.5, 0.6) is 0 Å². The molecule has 3 heteroatoms. The van der Waals surface area contributed by atoms with Crippen LogP contribution in [0.3, 0.4) is 0 Å². The highest BCUT2D eigenvalue weighted by Crippen LogP contribution is 2.41. The number of hydrogen-bond acceptors (Lipinski definition) is 2. The lowest BCUT2D eigenvalue weighted by molar-refractivity contribution is 0.551. The van der Waals surface area contributed by atoms with Gasteiger partial charge in [-0.25, -0.2) is 4.39 Å². The summed E-state index contributed by atoms with van der Waals surface area (Å²) in [5.41, 5.74) is 2.31. The molecule has 2 nitrogen and oxygen atoms in total. The van der Waals surface area contributed by atoms with Gasteiger partial charge in [0.1, 0.15) is 5.82 Å². The Balaban J connectivity index is 1.91. The maximum Gasteiger partial charge on any atom is 0.123 e. The van der Waals surface area contributed by atoms with Crippen molar-refractivity contribution in [2.24, 2.45) is 5.92 Å². The Hall–Kier alpha value is -1.09. The minimum atomic E-state index is -0.136. The third-order valence-corrected chi connectivity index (χ3v) is 4.13. The summed E-state index contributed by atoms with van der Waals surface area (Å²) >= 11 is 0. The first-order valence-electron chi connectivity index (χ1n) is 6.47. The Morgan fingerprint density at radius 3 is 2.94 bits per heavy atom. The van der Waals surface area contributed by atoms with Crippen molar-refractivity contribution in [3.63, 3.8) is 0 Å². The summed E-state index contributed by atoms with van der Waals surface area (Å²) in [7, 11) is 1.91. The zero-order valence-corrected chi connectivity index (χ0v) is 10.2. The average molecular weight is 234 g/mol. The molecule has 0 amide bonds. The van der Waals surface area contributed by atoms with E-state index in [0.29, 0.717) is 6.04 Å². The fourth-order valence-corrected chi connectivity index (χ4v) is 3.39. The summed E-state index contributed by atoms with van der Waals surface area (Å²) in [6, 6.07) is 5.89. The minimum absolute atomic E-state index is 0.136. The van der Waals surface area contributed by atoms with Gasteiger partial charge in [0.05, 0.1) is 0 Å². The van der Waals surface area contributed by atoms with Crippen LogP contribution in [0.2, 0.25) is 0 Å². The summed E-state index contributed by atoms with van der Waals surface area (Å²) in [5.74, 6) is 0.732. The van der Waals surface area contributed by atoms with Crippen LogP contribution >= 0.6 is 0 Å². The first-order valence-corrected chi connectivity index (χ1v) is 6.47. The molecule has 2 aliphatic rings. The minimum Gasteiger partial charge on any atom is -0.368 e. The lowest BCUT2D eigenvalue weighted by atomic mass is 10.1. The number of piperidine rings is 1. The average Bonchev–Trinajstić information content (AvgIpc) is 2.91. The molecule has 3 rings (SSSR count). The Bertz CT molecular complexity index is 419. The monoisotopic (exact) mass is 234 g/mol. The van der Waals surface area contributed by atoms with E-state index in [1.807, 2.05) is 13.1 Å². The smallest absolute Gasteiger partial charge is 0.123 e. The predicted molar refractivity (Wildman–Crippen MR) is 67.6 cm³/mol. The standard InChI is InChI=1S/C14H19FN2/c1-16-8-11-7-12(15)3-5-14(11)17-9-10-2-4-13(17)6-10/h3,5,7,10,13,16H,2,4,6,8-9H2,1H3. The molecule has 1 aliphatic carbocycles. The van der Waals surface area contributed by atoms with E-state index in [1.54, 1.807) is 12.1 Å². The largest absolute Gasteiger partial charge is 0.368 e. The van der Waals surface area contributed by atoms with E-state index in [1.165, 1.54) is 24.9 Å². The van der Waals surface area contributed by atoms with E-state index < -0.39 is 0 Å². The van der Waals surface area contributed by atoms with Crippen molar-refractivity contribution in [3.8, 4) is 0 Å². The summed E-state index contributed by atoms with van der Waals surface area (Å²) < 4.78 is 13.3. The first-order chi connectivity index (χ1) is 8.28. The van der Waals surface area contributed by atoms with E-state index in [0.717, 1.165) is 24.6 Å². The number of nitrogens with one attached hydrogen (secondary N) is 1. The molecular formula is C14H19FN2. The maximum atomic E-state index is 13.3. The summed E-state index contributed by atoms with van der Waals surface area (Å²) in [4.78, 5) is 2.49. The third kappa shape index (κ3) is 1.93. The van der Waals surface area contributed by atoms with Crippen molar-refractivity contribution < 1.29 is 4.39 Å². The number of nitrogens with zero attached hydrogens (tertiary/aromatic N) is 1. The number of benzene rings is 1. The lowest BCUT2D eigenvalue weighted by Gasteiger charge is -2.31. The second kappa shape index (κ2) is 4.30. The number of rotatable bonds is 3. The van der Waals surface area contributed by atoms with E-state index in [-0.39, 0.29) is 5.82 Å². The molecule has 0 radical (unpaired) electrons. The molecule has 2 unspecified atom stereocenters. The van der Waals surface area contributed by atoms with Gasteiger partial charge in [0.2, 0.25) is 0 Å². The normalized spacial score (nSPS) is 26.8. The Morgan fingerprint density at radius 1 is 1.41 bits per heavy atom. The molecule has 2 fully saturated rings. The zero-order valence-electron chi connectivity index (χ0n) is 10.2. The molecule has 1 N–H and O–H groups in total. The number of halogens is 1. The van der Waals surface area contributed by atoms with Crippen molar-refractivity contribution in [2.45, 2.75) is 31.8 Å². The second-order valence-corrected chi connectivity index (χ2v) is 5.29. The Morgan fingerprint density at radius 2 is 2.29 bits per heavy atom. The number of fused-ring (bicyclic) bond motifs is 2. The van der Waals surface area contributed by atoms with Crippen LogP contribution < -0.4 is 10.2 Å². The fraction of sp³-hybridized carbons (Fsp3) is 0.571. The number of hydrogen-bond donors (Lipinski definition) is 1. The highest BCUT2D eigenvalue weighted by molar-refractivity contribution is 5.56. The molecule has 1 aromatic rings. The van der Waals surface area contributed by atoms with Crippen LogP contribution in [0, 0.1) is 11.7 Å². The van der Waals surface area contributed by atoms with Gasteiger partial charge in [-0.1, -0.05) is 0 Å². The van der Waals surface area contributed by atoms with Crippen LogP contribution in [-0.2, 0) is 6.54 Å². The van der Waals surface area contributed by atoms with E-state index in [2.05, 4.69) is 10.2 Å². The molecule has 1 saturated heterocycles. The van der Waals surface area contributed by atoms with E-state index >= 15 is 0 Å². The summed E-state index contributed by atoms with van der Waals surface area (Å²) in [5, 5.41) is 3.13. The van der Waals surface area contributed by atoms with Gasteiger partial charge in [-0.15, -0.1) is 0 Å². The van der Waals surface area contributed by atoms with Crippen molar-refractivity contribution in [1.29, 1.82) is 0 Å². The van der Waals surface area contributed by atoms with Gasteiger partial charge < -0.3 is 10.2 Å². The van der Waals surface area contributed by atoms with E-state index in [4.69, 9.17) is 0 Å². The van der Waals surface area contributed by atoms with Crippen LogP contribution in [-0.4, -0.2) is 19.6 Å². The van der Waals surface area contributed by atoms with Crippen LogP contribution in [0.25, 0.3) is 0 Å². The second-order valence-electron chi connectivity index (χ2n) is 5.29. The molecule has 2 bridgehead atoms. The quantitative estimate of drug-likeness (QED) is 0.864. The third-order valence-electron chi connectivity index (χ3n) is 4.13. The SMILES string of the molecule is CNCc1cc(F)ccc1N1CC2CCC1C2. The summed E-state index contributed by atoms with van der Waals surface area (Å²) in [6.45, 7) is 1.90. The topological polar surface area (TPSA) is 15.3 Å². The van der Waals surface area contributed by atoms with Gasteiger partial charge in [0, 0.05) is 24.8 Å². The van der Waals surface area contributed by atoms with Crippen molar-refractivity contribution in [1.82, 2.24) is 5.32 Å². The maximum absolute atomic E-state index is 13.3. The molecule has 1 aromatic carbocycles. The molecule has 0 aromatic heterocycles. The van der Waals surface area contributed by atoms with Gasteiger partial charge in [-0.2, -0.15) is 0 Å². The highest BCUT2D eigenvalue weighted by atomic mass is 19.1. The van der Waals surface area contributed by atoms with Crippen LogP contribution in [0.1, 0.15) is 24.8 Å². The molecule has 17 heavy (non-hydrogen) atoms. The Labute approximate surface area is 102 Å². The van der Waals surface area contributed by atoms with Gasteiger partial charge in [0.25, 0.3) is 0 Å².